The zero-order chi connectivity index (χ0) is 52.5. The van der Waals surface area contributed by atoms with Gasteiger partial charge in [-0.2, -0.15) is 0 Å². The fourth-order valence-corrected chi connectivity index (χ4v) is 9.71. The van der Waals surface area contributed by atoms with Crippen molar-refractivity contribution in [1.29, 1.82) is 0 Å². The number of hydrogen-bond donors (Lipinski definition) is 0. The normalized spacial score (nSPS) is 12.9. The van der Waals surface area contributed by atoms with Gasteiger partial charge in [0.15, 0.2) is 0 Å². The highest BCUT2D eigenvalue weighted by Gasteiger charge is 2.31. The van der Waals surface area contributed by atoms with Gasteiger partial charge in [0.25, 0.3) is 0 Å². The van der Waals surface area contributed by atoms with Crippen molar-refractivity contribution in [2.24, 2.45) is 0 Å². The van der Waals surface area contributed by atoms with Gasteiger partial charge in [-0.3, -0.25) is 4.57 Å². The molecule has 0 aliphatic heterocycles. The van der Waals surface area contributed by atoms with Crippen LogP contribution in [0.3, 0.4) is 0 Å². The first-order valence-electron chi connectivity index (χ1n) is 25.9. The molecule has 72 heavy (non-hydrogen) atoms. The summed E-state index contributed by atoms with van der Waals surface area (Å²) in [5.74, 6) is 0.874. The molecule has 374 valence electrons. The van der Waals surface area contributed by atoms with Crippen LogP contribution < -0.4 is 9.80 Å². The Morgan fingerprint density at radius 1 is 0.361 bits per heavy atom. The lowest BCUT2D eigenvalue weighted by Crippen LogP contribution is -2.21. The van der Waals surface area contributed by atoms with E-state index in [1.54, 1.807) is 0 Å². The second-order valence-corrected chi connectivity index (χ2v) is 26.6. The van der Waals surface area contributed by atoms with Crippen LogP contribution in [0.5, 0.6) is 0 Å². The molecule has 0 aliphatic carbocycles. The summed E-state index contributed by atoms with van der Waals surface area (Å²) in [5.41, 5.74) is 16.7. The summed E-state index contributed by atoms with van der Waals surface area (Å²) in [6.07, 6.45) is 0. The van der Waals surface area contributed by atoms with E-state index in [4.69, 9.17) is 16.6 Å². The van der Waals surface area contributed by atoms with E-state index < -0.39 is 0 Å². The standard InChI is InChI=1S/C67H79ClN4/c1-62(2,3)45-27-33-51(34-28-45)70(52-35-29-46(30-36-52)63(4,5)6)57-42-50(67(16,17)18)43-58(59(57)68)71(54-40-48(65(10,11)12)39-49(41-54)66(13,14)15)55-25-22-26-56-60(55)69-61(44-23-20-19-21-24-44)72(56)53-37-31-47(32-38-53)64(7,8)9/h19-43H,1-18H3. The van der Waals surface area contributed by atoms with E-state index in [0.29, 0.717) is 5.02 Å². The Kier molecular flexibility index (Phi) is 13.6. The number of benzene rings is 7. The lowest BCUT2D eigenvalue weighted by Gasteiger charge is -2.35. The maximum absolute atomic E-state index is 8.31. The van der Waals surface area contributed by atoms with Gasteiger partial charge in [-0.05, 0) is 139 Å². The number of para-hydroxylation sites is 1. The zero-order valence-corrected chi connectivity index (χ0v) is 47.4. The lowest BCUT2D eigenvalue weighted by molar-refractivity contribution is 0.568. The van der Waals surface area contributed by atoms with E-state index in [9.17, 15) is 0 Å². The molecule has 8 aromatic rings. The van der Waals surface area contributed by atoms with Gasteiger partial charge in [0.1, 0.15) is 11.3 Å². The Bertz CT molecular complexity index is 3120. The third-order valence-corrected chi connectivity index (χ3v) is 14.6. The molecule has 4 nitrogen and oxygen atoms in total. The predicted molar refractivity (Wildman–Crippen MR) is 313 cm³/mol. The van der Waals surface area contributed by atoms with Gasteiger partial charge in [0.2, 0.25) is 0 Å². The maximum atomic E-state index is 8.31. The molecule has 1 aromatic heterocycles. The van der Waals surface area contributed by atoms with Gasteiger partial charge in [-0.1, -0.05) is 215 Å². The predicted octanol–water partition coefficient (Wildman–Crippen LogP) is 20.1. The van der Waals surface area contributed by atoms with Crippen LogP contribution in [0.2, 0.25) is 5.02 Å². The van der Waals surface area contributed by atoms with Crippen molar-refractivity contribution in [3.63, 3.8) is 0 Å². The third-order valence-electron chi connectivity index (χ3n) is 14.2. The summed E-state index contributed by atoms with van der Waals surface area (Å²) in [4.78, 5) is 10.5. The highest BCUT2D eigenvalue weighted by molar-refractivity contribution is 6.37. The third kappa shape index (κ3) is 10.7. The van der Waals surface area contributed by atoms with Crippen LogP contribution in [0.15, 0.2) is 152 Å². The monoisotopic (exact) mass is 975 g/mol. The number of aromatic nitrogens is 2. The second kappa shape index (κ2) is 18.7. The molecule has 0 amide bonds. The van der Waals surface area contributed by atoms with Crippen molar-refractivity contribution in [3.8, 4) is 17.1 Å². The quantitative estimate of drug-likeness (QED) is 0.152. The number of fused-ring (bicyclic) bond motifs is 1. The highest BCUT2D eigenvalue weighted by Crippen LogP contribution is 2.52. The van der Waals surface area contributed by atoms with Gasteiger partial charge in [0.05, 0.1) is 27.6 Å². The molecular formula is C67H79ClN4. The summed E-state index contributed by atoms with van der Waals surface area (Å²) in [7, 11) is 0. The van der Waals surface area contributed by atoms with Crippen LogP contribution in [0.4, 0.5) is 34.1 Å². The SMILES string of the molecule is CC(C)(C)c1ccc(N(c2ccc(C(C)(C)C)cc2)c2cc(C(C)(C)C)cc(N(c3cc(C(C)(C)C)cc(C(C)(C)C)c3)c3cccc4c3nc(-c3ccccc3)n4-c3ccc(C(C)(C)C)cc3)c2Cl)cc1. The van der Waals surface area contributed by atoms with Crippen molar-refractivity contribution in [2.75, 3.05) is 9.80 Å². The van der Waals surface area contributed by atoms with Crippen LogP contribution in [0.25, 0.3) is 28.1 Å². The Morgan fingerprint density at radius 3 is 1.19 bits per heavy atom. The van der Waals surface area contributed by atoms with Crippen LogP contribution in [0.1, 0.15) is 158 Å². The van der Waals surface area contributed by atoms with Gasteiger partial charge in [0, 0.05) is 28.3 Å². The Labute approximate surface area is 438 Å². The van der Waals surface area contributed by atoms with Gasteiger partial charge in [-0.25, -0.2) is 4.98 Å². The van der Waals surface area contributed by atoms with Crippen LogP contribution >= 0.6 is 11.6 Å². The lowest BCUT2D eigenvalue weighted by atomic mass is 9.80. The fourth-order valence-electron chi connectivity index (χ4n) is 9.43. The molecule has 0 spiro atoms. The average molecular weight is 976 g/mol. The molecule has 0 fully saturated rings. The molecule has 0 saturated heterocycles. The molecular weight excluding hydrogens is 896 g/mol. The van der Waals surface area contributed by atoms with Crippen molar-refractivity contribution in [2.45, 2.75) is 157 Å². The first kappa shape index (κ1) is 52.2. The molecule has 8 rings (SSSR count). The van der Waals surface area contributed by atoms with Gasteiger partial charge < -0.3 is 9.80 Å². The van der Waals surface area contributed by atoms with E-state index in [1.165, 1.54) is 27.8 Å². The van der Waals surface area contributed by atoms with Crippen molar-refractivity contribution in [3.05, 3.63) is 190 Å². The maximum Gasteiger partial charge on any atom is 0.145 e. The van der Waals surface area contributed by atoms with E-state index in [2.05, 4.69) is 291 Å². The molecule has 7 aromatic carbocycles. The number of rotatable bonds is 8. The van der Waals surface area contributed by atoms with E-state index in [0.717, 1.165) is 67.8 Å². The van der Waals surface area contributed by atoms with E-state index in [-0.39, 0.29) is 32.5 Å². The summed E-state index contributed by atoms with van der Waals surface area (Å²) in [6.45, 7) is 41.1. The zero-order valence-electron chi connectivity index (χ0n) is 46.6. The van der Waals surface area contributed by atoms with Gasteiger partial charge in [-0.15, -0.1) is 0 Å². The molecule has 0 bridgehead atoms. The number of hydrogen-bond acceptors (Lipinski definition) is 3. The molecule has 1 heterocycles. The summed E-state index contributed by atoms with van der Waals surface area (Å²) in [6, 6.07) is 56.1. The minimum atomic E-state index is -0.255. The highest BCUT2D eigenvalue weighted by atomic mass is 35.5. The van der Waals surface area contributed by atoms with Crippen molar-refractivity contribution in [1.82, 2.24) is 9.55 Å². The van der Waals surface area contributed by atoms with E-state index in [1.807, 2.05) is 0 Å². The summed E-state index contributed by atoms with van der Waals surface area (Å²) in [5, 5.41) is 0.638. The Hall–Kier alpha value is -6.10. The van der Waals surface area contributed by atoms with Crippen molar-refractivity contribution < 1.29 is 0 Å². The average Bonchev–Trinajstić information content (AvgIpc) is 3.69. The molecule has 0 aliphatic rings. The molecule has 0 unspecified atom stereocenters. The summed E-state index contributed by atoms with van der Waals surface area (Å²) >= 11 is 8.31. The number of nitrogens with zero attached hydrogens (tertiary/aromatic N) is 4. The molecule has 0 N–H and O–H groups in total. The fraction of sp³-hybridized carbons (Fsp3) is 0.358. The number of imidazole rings is 1. The Balaban J connectivity index is 1.50. The largest absolute Gasteiger partial charge is 0.309 e. The first-order chi connectivity index (χ1) is 33.4. The number of anilines is 6. The van der Waals surface area contributed by atoms with Crippen molar-refractivity contribution >= 4 is 56.8 Å². The summed E-state index contributed by atoms with van der Waals surface area (Å²) < 4.78 is 2.33. The smallest absolute Gasteiger partial charge is 0.145 e. The first-order valence-corrected chi connectivity index (χ1v) is 26.3. The van der Waals surface area contributed by atoms with Gasteiger partial charge >= 0.3 is 0 Å². The topological polar surface area (TPSA) is 24.3 Å². The van der Waals surface area contributed by atoms with Crippen LogP contribution in [-0.2, 0) is 32.5 Å². The second-order valence-electron chi connectivity index (χ2n) is 26.2. The molecule has 0 saturated carbocycles. The molecule has 0 atom stereocenters. The van der Waals surface area contributed by atoms with Crippen LogP contribution in [-0.4, -0.2) is 9.55 Å². The van der Waals surface area contributed by atoms with Crippen LogP contribution in [0, 0.1) is 0 Å². The van der Waals surface area contributed by atoms with E-state index >= 15 is 0 Å². The minimum Gasteiger partial charge on any atom is -0.309 e. The molecule has 0 radical (unpaired) electrons. The minimum absolute atomic E-state index is 0.00700. The number of halogens is 1. The molecule has 5 heteroatoms. The Morgan fingerprint density at radius 2 is 0.764 bits per heavy atom.